The number of rotatable bonds is 7. The predicted octanol–water partition coefficient (Wildman–Crippen LogP) is 2.18. The third-order valence-corrected chi connectivity index (χ3v) is 5.73. The number of aryl methyl sites for hydroxylation is 1. The number of piperidine rings is 1. The van der Waals surface area contributed by atoms with Crippen LogP contribution in [0.25, 0.3) is 0 Å². The number of anilines is 1. The highest BCUT2D eigenvalue weighted by Gasteiger charge is 2.20. The maximum absolute atomic E-state index is 11.5. The Morgan fingerprint density at radius 3 is 2.73 bits per heavy atom. The average Bonchev–Trinajstić information content (AvgIpc) is 3.15. The molecule has 8 heteroatoms. The van der Waals surface area contributed by atoms with Gasteiger partial charge in [0.15, 0.2) is 5.69 Å². The zero-order valence-corrected chi connectivity index (χ0v) is 16.2. The van der Waals surface area contributed by atoms with Crippen LogP contribution in [0.4, 0.5) is 5.82 Å². The molecule has 1 fully saturated rings. The van der Waals surface area contributed by atoms with E-state index >= 15 is 0 Å². The number of nitrogens with one attached hydrogen (secondary N) is 2. The first-order chi connectivity index (χ1) is 12.7. The standard InChI is InChI=1S/C18H26N6OS/c1-3-17-21-14(12-26-17)11-24-8-6-13(7-9-24)10-20-16-5-4-15(22-23-16)18(25)19-2/h4-5,12-13H,3,6-11H2,1-2H3,(H,19,25)(H,20,23). The van der Waals surface area contributed by atoms with E-state index in [2.05, 4.69) is 43.0 Å². The van der Waals surface area contributed by atoms with Gasteiger partial charge in [0.1, 0.15) is 5.82 Å². The fraction of sp³-hybridized carbons (Fsp3) is 0.556. The van der Waals surface area contributed by atoms with Crippen molar-refractivity contribution in [2.45, 2.75) is 32.7 Å². The number of amides is 1. The molecule has 2 aromatic heterocycles. The lowest BCUT2D eigenvalue weighted by Gasteiger charge is -2.31. The van der Waals surface area contributed by atoms with Gasteiger partial charge in [-0.25, -0.2) is 4.98 Å². The lowest BCUT2D eigenvalue weighted by molar-refractivity contribution is 0.0957. The fourth-order valence-electron chi connectivity index (χ4n) is 3.09. The van der Waals surface area contributed by atoms with Crippen molar-refractivity contribution in [1.82, 2.24) is 25.4 Å². The van der Waals surface area contributed by atoms with E-state index in [0.29, 0.717) is 11.6 Å². The lowest BCUT2D eigenvalue weighted by atomic mass is 9.96. The molecule has 0 bridgehead atoms. The summed E-state index contributed by atoms with van der Waals surface area (Å²) in [6, 6.07) is 3.50. The normalized spacial score (nSPS) is 15.8. The maximum Gasteiger partial charge on any atom is 0.271 e. The van der Waals surface area contributed by atoms with Gasteiger partial charge in [-0.15, -0.1) is 21.5 Å². The third kappa shape index (κ3) is 4.98. The molecule has 1 aliphatic heterocycles. The van der Waals surface area contributed by atoms with Gasteiger partial charge in [0.2, 0.25) is 0 Å². The van der Waals surface area contributed by atoms with E-state index in [4.69, 9.17) is 0 Å². The second-order valence-corrected chi connectivity index (χ2v) is 7.51. The summed E-state index contributed by atoms with van der Waals surface area (Å²) in [6.07, 6.45) is 3.36. The summed E-state index contributed by atoms with van der Waals surface area (Å²) in [5, 5.41) is 17.3. The third-order valence-electron chi connectivity index (χ3n) is 4.69. The fourth-order valence-corrected chi connectivity index (χ4v) is 3.82. The van der Waals surface area contributed by atoms with Gasteiger partial charge >= 0.3 is 0 Å². The monoisotopic (exact) mass is 374 g/mol. The lowest BCUT2D eigenvalue weighted by Crippen LogP contribution is -2.35. The molecule has 3 heterocycles. The largest absolute Gasteiger partial charge is 0.368 e. The summed E-state index contributed by atoms with van der Waals surface area (Å²) in [4.78, 5) is 18.6. The van der Waals surface area contributed by atoms with E-state index in [-0.39, 0.29) is 5.91 Å². The smallest absolute Gasteiger partial charge is 0.271 e. The number of thiazole rings is 1. The minimum atomic E-state index is -0.220. The maximum atomic E-state index is 11.5. The Morgan fingerprint density at radius 2 is 2.12 bits per heavy atom. The van der Waals surface area contributed by atoms with Crippen molar-refractivity contribution in [3.8, 4) is 0 Å². The highest BCUT2D eigenvalue weighted by molar-refractivity contribution is 7.09. The van der Waals surface area contributed by atoms with Crippen LogP contribution in [0.3, 0.4) is 0 Å². The second kappa shape index (κ2) is 9.05. The molecule has 0 atom stereocenters. The van der Waals surface area contributed by atoms with E-state index in [1.807, 2.05) is 0 Å². The Bertz CT molecular complexity index is 709. The van der Waals surface area contributed by atoms with E-state index < -0.39 is 0 Å². The minimum Gasteiger partial charge on any atom is -0.368 e. The zero-order chi connectivity index (χ0) is 18.4. The van der Waals surface area contributed by atoms with E-state index in [0.717, 1.165) is 38.4 Å². The number of hydrogen-bond acceptors (Lipinski definition) is 7. The van der Waals surface area contributed by atoms with Crippen LogP contribution < -0.4 is 10.6 Å². The number of likely N-dealkylation sites (tertiary alicyclic amines) is 1. The van der Waals surface area contributed by atoms with Gasteiger partial charge in [-0.1, -0.05) is 6.92 Å². The van der Waals surface area contributed by atoms with Crippen molar-refractivity contribution in [3.05, 3.63) is 33.9 Å². The minimum absolute atomic E-state index is 0.220. The average molecular weight is 375 g/mol. The number of carbonyl (C=O) groups is 1. The van der Waals surface area contributed by atoms with Gasteiger partial charge in [-0.2, -0.15) is 0 Å². The van der Waals surface area contributed by atoms with E-state index in [1.165, 1.54) is 23.5 Å². The van der Waals surface area contributed by atoms with Crippen molar-refractivity contribution in [2.75, 3.05) is 32.0 Å². The molecule has 1 saturated heterocycles. The van der Waals surface area contributed by atoms with E-state index in [9.17, 15) is 4.79 Å². The number of carbonyl (C=O) groups excluding carboxylic acids is 1. The Hall–Kier alpha value is -2.06. The van der Waals surface area contributed by atoms with Crippen LogP contribution in [0.5, 0.6) is 0 Å². The summed E-state index contributed by atoms with van der Waals surface area (Å²) in [6.45, 7) is 6.21. The van der Waals surface area contributed by atoms with Crippen LogP contribution in [0.15, 0.2) is 17.5 Å². The highest BCUT2D eigenvalue weighted by atomic mass is 32.1. The summed E-state index contributed by atoms with van der Waals surface area (Å²) in [7, 11) is 1.58. The molecular formula is C18H26N6OS. The van der Waals surface area contributed by atoms with Crippen molar-refractivity contribution in [1.29, 1.82) is 0 Å². The Kier molecular flexibility index (Phi) is 6.51. The van der Waals surface area contributed by atoms with Crippen molar-refractivity contribution in [3.63, 3.8) is 0 Å². The van der Waals surface area contributed by atoms with Crippen LogP contribution >= 0.6 is 11.3 Å². The first-order valence-electron chi connectivity index (χ1n) is 9.13. The van der Waals surface area contributed by atoms with Crippen LogP contribution in [0, 0.1) is 5.92 Å². The molecule has 0 radical (unpaired) electrons. The van der Waals surface area contributed by atoms with E-state index in [1.54, 1.807) is 30.5 Å². The van der Waals surface area contributed by atoms with Crippen LogP contribution in [-0.2, 0) is 13.0 Å². The molecule has 1 amide bonds. The quantitative estimate of drug-likeness (QED) is 0.773. The van der Waals surface area contributed by atoms with Gasteiger partial charge in [-0.3, -0.25) is 9.69 Å². The predicted molar refractivity (Wildman–Crippen MR) is 103 cm³/mol. The first-order valence-corrected chi connectivity index (χ1v) is 10.0. The summed E-state index contributed by atoms with van der Waals surface area (Å²) in [5.41, 5.74) is 1.54. The van der Waals surface area contributed by atoms with Crippen molar-refractivity contribution < 1.29 is 4.79 Å². The topological polar surface area (TPSA) is 83.0 Å². The Morgan fingerprint density at radius 1 is 1.31 bits per heavy atom. The summed E-state index contributed by atoms with van der Waals surface area (Å²) >= 11 is 1.76. The van der Waals surface area contributed by atoms with Gasteiger partial charge in [0, 0.05) is 25.5 Å². The molecule has 3 rings (SSSR count). The summed E-state index contributed by atoms with van der Waals surface area (Å²) in [5.74, 6) is 1.13. The molecule has 2 aromatic rings. The van der Waals surface area contributed by atoms with Crippen LogP contribution in [0.1, 0.15) is 41.0 Å². The van der Waals surface area contributed by atoms with Crippen LogP contribution in [-0.4, -0.2) is 52.7 Å². The number of nitrogens with zero attached hydrogens (tertiary/aromatic N) is 4. The summed E-state index contributed by atoms with van der Waals surface area (Å²) < 4.78 is 0. The van der Waals surface area contributed by atoms with Gasteiger partial charge in [0.05, 0.1) is 10.7 Å². The van der Waals surface area contributed by atoms with Crippen LogP contribution in [0.2, 0.25) is 0 Å². The molecule has 0 aromatic carbocycles. The van der Waals surface area contributed by atoms with Gasteiger partial charge in [0.25, 0.3) is 5.91 Å². The molecule has 0 saturated carbocycles. The molecule has 0 spiro atoms. The first kappa shape index (κ1) is 18.7. The molecule has 7 nitrogen and oxygen atoms in total. The molecule has 140 valence electrons. The zero-order valence-electron chi connectivity index (χ0n) is 15.4. The number of aromatic nitrogens is 3. The molecular weight excluding hydrogens is 348 g/mol. The molecule has 1 aliphatic rings. The highest BCUT2D eigenvalue weighted by Crippen LogP contribution is 2.20. The van der Waals surface area contributed by atoms with Gasteiger partial charge < -0.3 is 10.6 Å². The van der Waals surface area contributed by atoms with Crippen molar-refractivity contribution in [2.24, 2.45) is 5.92 Å². The number of hydrogen-bond donors (Lipinski definition) is 2. The van der Waals surface area contributed by atoms with Crippen molar-refractivity contribution >= 4 is 23.1 Å². The molecule has 26 heavy (non-hydrogen) atoms. The van der Waals surface area contributed by atoms with Gasteiger partial charge in [-0.05, 0) is 50.4 Å². The SMILES string of the molecule is CCc1nc(CN2CCC(CNc3ccc(C(=O)NC)nn3)CC2)cs1. The molecule has 0 aliphatic carbocycles. The molecule has 2 N–H and O–H groups in total. The second-order valence-electron chi connectivity index (χ2n) is 6.57. The Balaban J connectivity index is 1.40. The molecule has 0 unspecified atom stereocenters. The Labute approximate surface area is 158 Å².